The number of nitrogens with zero attached hydrogens (tertiary/aromatic N) is 1. The van der Waals surface area contributed by atoms with Gasteiger partial charge in [-0.3, -0.25) is 9.69 Å². The Labute approximate surface area is 106 Å². The molecule has 17 heavy (non-hydrogen) atoms. The highest BCUT2D eigenvalue weighted by Gasteiger charge is 2.40. The van der Waals surface area contributed by atoms with Gasteiger partial charge in [0.2, 0.25) is 0 Å². The van der Waals surface area contributed by atoms with E-state index in [0.29, 0.717) is 18.3 Å². The lowest BCUT2D eigenvalue weighted by molar-refractivity contribution is -0.152. The van der Waals surface area contributed by atoms with Crippen LogP contribution in [0.1, 0.15) is 54.4 Å². The van der Waals surface area contributed by atoms with Gasteiger partial charge in [-0.15, -0.1) is 0 Å². The molecule has 102 valence electrons. The Morgan fingerprint density at radius 1 is 1.18 bits per heavy atom. The number of hydrogen-bond acceptors (Lipinski definition) is 2. The molecule has 0 aliphatic carbocycles. The molecule has 0 aliphatic rings. The number of likely N-dealkylation sites (N-methyl/N-ethyl adjacent to an activating group) is 1. The van der Waals surface area contributed by atoms with E-state index in [-0.39, 0.29) is 6.04 Å². The fourth-order valence-corrected chi connectivity index (χ4v) is 2.50. The summed E-state index contributed by atoms with van der Waals surface area (Å²) in [7, 11) is 1.93. The summed E-state index contributed by atoms with van der Waals surface area (Å²) in [6, 6.07) is 0.287. The van der Waals surface area contributed by atoms with Crippen molar-refractivity contribution in [3.8, 4) is 0 Å². The molecular weight excluding hydrogens is 214 g/mol. The zero-order valence-corrected chi connectivity index (χ0v) is 12.4. The molecule has 3 heteroatoms. The van der Waals surface area contributed by atoms with E-state index in [4.69, 9.17) is 0 Å². The maximum Gasteiger partial charge on any atom is 0.323 e. The predicted octanol–water partition coefficient (Wildman–Crippen LogP) is 3.24. The van der Waals surface area contributed by atoms with Crippen molar-refractivity contribution in [1.82, 2.24) is 4.90 Å². The normalized spacial score (nSPS) is 17.5. The standard InChI is InChI=1S/C14H29NO2/c1-10(2)8-12(5)15(7)14(6,13(16)17)9-11(3)4/h10-12H,8-9H2,1-7H3,(H,16,17). The smallest absolute Gasteiger partial charge is 0.323 e. The minimum absolute atomic E-state index is 0.287. The van der Waals surface area contributed by atoms with Crippen LogP contribution in [0.15, 0.2) is 0 Å². The fourth-order valence-electron chi connectivity index (χ4n) is 2.50. The number of aliphatic carboxylic acids is 1. The van der Waals surface area contributed by atoms with E-state index in [1.54, 1.807) is 0 Å². The first-order valence-electron chi connectivity index (χ1n) is 6.57. The molecular formula is C14H29NO2. The minimum Gasteiger partial charge on any atom is -0.480 e. The second-order valence-corrected chi connectivity index (χ2v) is 6.27. The first-order chi connectivity index (χ1) is 7.61. The Balaban J connectivity index is 4.87. The molecule has 0 saturated carbocycles. The molecule has 0 radical (unpaired) electrons. The number of carbonyl (C=O) groups is 1. The lowest BCUT2D eigenvalue weighted by Crippen LogP contribution is -2.54. The summed E-state index contributed by atoms with van der Waals surface area (Å²) in [4.78, 5) is 13.6. The van der Waals surface area contributed by atoms with Crippen molar-refractivity contribution in [2.24, 2.45) is 11.8 Å². The van der Waals surface area contributed by atoms with Crippen LogP contribution < -0.4 is 0 Å². The van der Waals surface area contributed by atoms with Gasteiger partial charge in [-0.2, -0.15) is 0 Å². The summed E-state index contributed by atoms with van der Waals surface area (Å²) in [6.07, 6.45) is 1.71. The second kappa shape index (κ2) is 6.39. The van der Waals surface area contributed by atoms with Crippen molar-refractivity contribution in [2.75, 3.05) is 7.05 Å². The van der Waals surface area contributed by atoms with Crippen LogP contribution in [0.25, 0.3) is 0 Å². The summed E-state index contributed by atoms with van der Waals surface area (Å²) in [5.74, 6) is 0.249. The number of carboxylic acids is 1. The van der Waals surface area contributed by atoms with Crippen molar-refractivity contribution in [1.29, 1.82) is 0 Å². The van der Waals surface area contributed by atoms with Gasteiger partial charge >= 0.3 is 5.97 Å². The number of carboxylic acid groups (broad SMARTS) is 1. The van der Waals surface area contributed by atoms with Gasteiger partial charge in [0, 0.05) is 6.04 Å². The van der Waals surface area contributed by atoms with Crippen LogP contribution in [0, 0.1) is 11.8 Å². The molecule has 1 N–H and O–H groups in total. The third-order valence-corrected chi connectivity index (χ3v) is 3.52. The van der Waals surface area contributed by atoms with Crippen LogP contribution in [-0.4, -0.2) is 34.6 Å². The molecule has 0 spiro atoms. The van der Waals surface area contributed by atoms with E-state index in [0.717, 1.165) is 6.42 Å². The third kappa shape index (κ3) is 4.66. The maximum atomic E-state index is 11.5. The zero-order chi connectivity index (χ0) is 13.8. The van der Waals surface area contributed by atoms with Crippen molar-refractivity contribution in [3.63, 3.8) is 0 Å². The fraction of sp³-hybridized carbons (Fsp3) is 0.929. The van der Waals surface area contributed by atoms with Crippen molar-refractivity contribution >= 4 is 5.97 Å². The summed E-state index contributed by atoms with van der Waals surface area (Å²) >= 11 is 0. The van der Waals surface area contributed by atoms with Gasteiger partial charge in [-0.25, -0.2) is 0 Å². The van der Waals surface area contributed by atoms with E-state index in [1.807, 2.05) is 18.9 Å². The van der Waals surface area contributed by atoms with Gasteiger partial charge in [-0.1, -0.05) is 27.7 Å². The lowest BCUT2D eigenvalue weighted by atomic mass is 9.87. The van der Waals surface area contributed by atoms with Crippen molar-refractivity contribution < 1.29 is 9.90 Å². The van der Waals surface area contributed by atoms with E-state index in [2.05, 4.69) is 34.6 Å². The van der Waals surface area contributed by atoms with Crippen molar-refractivity contribution in [3.05, 3.63) is 0 Å². The Morgan fingerprint density at radius 2 is 1.65 bits per heavy atom. The van der Waals surface area contributed by atoms with Crippen LogP contribution in [0.3, 0.4) is 0 Å². The lowest BCUT2D eigenvalue weighted by Gasteiger charge is -2.40. The van der Waals surface area contributed by atoms with Crippen LogP contribution in [-0.2, 0) is 4.79 Å². The third-order valence-electron chi connectivity index (χ3n) is 3.52. The Morgan fingerprint density at radius 3 is 1.94 bits per heavy atom. The molecule has 0 rings (SSSR count). The minimum atomic E-state index is -0.761. The largest absolute Gasteiger partial charge is 0.480 e. The Kier molecular flexibility index (Phi) is 6.17. The average Bonchev–Trinajstić information content (AvgIpc) is 2.13. The van der Waals surface area contributed by atoms with Crippen LogP contribution in [0.2, 0.25) is 0 Å². The summed E-state index contributed by atoms with van der Waals surface area (Å²) in [5.41, 5.74) is -0.761. The molecule has 0 amide bonds. The molecule has 0 fully saturated rings. The van der Waals surface area contributed by atoms with E-state index in [1.165, 1.54) is 0 Å². The van der Waals surface area contributed by atoms with Crippen LogP contribution in [0.4, 0.5) is 0 Å². The summed E-state index contributed by atoms with van der Waals surface area (Å²) in [5, 5.41) is 9.49. The van der Waals surface area contributed by atoms with E-state index in [9.17, 15) is 9.90 Å². The van der Waals surface area contributed by atoms with Gasteiger partial charge in [-0.05, 0) is 45.6 Å². The Hall–Kier alpha value is -0.570. The summed E-state index contributed by atoms with van der Waals surface area (Å²) in [6.45, 7) is 12.4. The quantitative estimate of drug-likeness (QED) is 0.746. The van der Waals surface area contributed by atoms with Crippen molar-refractivity contribution in [2.45, 2.75) is 66.0 Å². The molecule has 0 aromatic heterocycles. The van der Waals surface area contributed by atoms with Gasteiger partial charge in [0.1, 0.15) is 5.54 Å². The highest BCUT2D eigenvalue weighted by molar-refractivity contribution is 5.78. The number of rotatable bonds is 7. The van der Waals surface area contributed by atoms with Gasteiger partial charge in [0.05, 0.1) is 0 Å². The van der Waals surface area contributed by atoms with Gasteiger partial charge in [0.15, 0.2) is 0 Å². The Bertz CT molecular complexity index is 251. The van der Waals surface area contributed by atoms with Gasteiger partial charge in [0.25, 0.3) is 0 Å². The highest BCUT2D eigenvalue weighted by Crippen LogP contribution is 2.27. The topological polar surface area (TPSA) is 40.5 Å². The SMILES string of the molecule is CC(C)CC(C)N(C)C(C)(CC(C)C)C(=O)O. The molecule has 2 unspecified atom stereocenters. The van der Waals surface area contributed by atoms with E-state index < -0.39 is 11.5 Å². The molecule has 0 bridgehead atoms. The molecule has 3 nitrogen and oxygen atoms in total. The molecule has 0 aromatic carbocycles. The highest BCUT2D eigenvalue weighted by atomic mass is 16.4. The molecule has 0 aliphatic heterocycles. The zero-order valence-electron chi connectivity index (χ0n) is 12.4. The monoisotopic (exact) mass is 243 g/mol. The van der Waals surface area contributed by atoms with E-state index >= 15 is 0 Å². The molecule has 2 atom stereocenters. The van der Waals surface area contributed by atoms with Crippen LogP contribution in [0.5, 0.6) is 0 Å². The average molecular weight is 243 g/mol. The number of hydrogen-bond donors (Lipinski definition) is 1. The second-order valence-electron chi connectivity index (χ2n) is 6.27. The maximum absolute atomic E-state index is 11.5. The first-order valence-corrected chi connectivity index (χ1v) is 6.57. The molecule has 0 aromatic rings. The molecule has 0 heterocycles. The van der Waals surface area contributed by atoms with Gasteiger partial charge < -0.3 is 5.11 Å². The molecule has 0 saturated heterocycles. The van der Waals surface area contributed by atoms with Crippen LogP contribution >= 0.6 is 0 Å². The summed E-state index contributed by atoms with van der Waals surface area (Å²) < 4.78 is 0. The first kappa shape index (κ1) is 16.4. The predicted molar refractivity (Wildman–Crippen MR) is 72.2 cm³/mol.